The first-order chi connectivity index (χ1) is 12.1. The number of rotatable bonds is 5. The summed E-state index contributed by atoms with van der Waals surface area (Å²) in [6.45, 7) is 3.33. The minimum Gasteiger partial charge on any atom is -0.497 e. The monoisotopic (exact) mass is 339 g/mol. The molecule has 1 aliphatic rings. The Morgan fingerprint density at radius 1 is 1.08 bits per heavy atom. The predicted octanol–water partition coefficient (Wildman–Crippen LogP) is 3.10. The van der Waals surface area contributed by atoms with Gasteiger partial charge >= 0.3 is 0 Å². The average Bonchev–Trinajstić information content (AvgIpc) is 2.62. The van der Waals surface area contributed by atoms with E-state index in [1.165, 1.54) is 5.56 Å². The molecule has 1 saturated heterocycles. The van der Waals surface area contributed by atoms with Crippen molar-refractivity contribution in [2.75, 3.05) is 20.2 Å². The van der Waals surface area contributed by atoms with E-state index in [2.05, 4.69) is 12.1 Å². The lowest BCUT2D eigenvalue weighted by molar-refractivity contribution is -0.143. The van der Waals surface area contributed by atoms with Gasteiger partial charge in [-0.05, 0) is 30.2 Å². The lowest BCUT2D eigenvalue weighted by Gasteiger charge is -2.37. The molecule has 4 heteroatoms. The Balaban J connectivity index is 1.61. The van der Waals surface area contributed by atoms with E-state index < -0.39 is 0 Å². The highest BCUT2D eigenvalue weighted by Gasteiger charge is 2.28. The molecule has 2 atom stereocenters. The fraction of sp³-hybridized carbons (Fsp3) is 0.381. The number of ether oxygens (including phenoxy) is 2. The van der Waals surface area contributed by atoms with E-state index in [0.29, 0.717) is 19.5 Å². The van der Waals surface area contributed by atoms with Crippen molar-refractivity contribution in [3.63, 3.8) is 0 Å². The number of hydrogen-bond acceptors (Lipinski definition) is 3. The third-order valence-electron chi connectivity index (χ3n) is 4.50. The highest BCUT2D eigenvalue weighted by atomic mass is 16.5. The van der Waals surface area contributed by atoms with Crippen molar-refractivity contribution in [2.45, 2.75) is 32.0 Å². The van der Waals surface area contributed by atoms with Crippen LogP contribution in [0.4, 0.5) is 0 Å². The minimum absolute atomic E-state index is 0.0472. The number of amides is 1. The number of nitrogens with zero attached hydrogens (tertiary/aromatic N) is 1. The van der Waals surface area contributed by atoms with Crippen molar-refractivity contribution in [3.05, 3.63) is 65.7 Å². The molecule has 0 spiro atoms. The first-order valence-corrected chi connectivity index (χ1v) is 8.74. The molecule has 0 bridgehead atoms. The van der Waals surface area contributed by atoms with Gasteiger partial charge in [0.15, 0.2) is 0 Å². The van der Waals surface area contributed by atoms with Crippen molar-refractivity contribution in [1.29, 1.82) is 0 Å². The van der Waals surface area contributed by atoms with Crippen LogP contribution in [0.3, 0.4) is 0 Å². The summed E-state index contributed by atoms with van der Waals surface area (Å²) in [6, 6.07) is 18.0. The van der Waals surface area contributed by atoms with E-state index in [1.54, 1.807) is 7.11 Å². The van der Waals surface area contributed by atoms with Gasteiger partial charge in [-0.1, -0.05) is 42.5 Å². The topological polar surface area (TPSA) is 38.8 Å². The maximum Gasteiger partial charge on any atom is 0.227 e. The normalized spacial score (nSPS) is 20.3. The third kappa shape index (κ3) is 4.83. The average molecular weight is 339 g/mol. The smallest absolute Gasteiger partial charge is 0.227 e. The van der Waals surface area contributed by atoms with Crippen LogP contribution < -0.4 is 4.74 Å². The number of methoxy groups -OCH3 is 1. The van der Waals surface area contributed by atoms with Crippen LogP contribution in [0.25, 0.3) is 0 Å². The SMILES string of the molecule is COc1ccc(CC(=O)N2CC(C)OC(Cc3ccccc3)C2)cc1. The molecule has 0 aromatic heterocycles. The van der Waals surface area contributed by atoms with Gasteiger partial charge in [0.2, 0.25) is 5.91 Å². The summed E-state index contributed by atoms with van der Waals surface area (Å²) in [6.07, 6.45) is 1.35. The van der Waals surface area contributed by atoms with Crippen molar-refractivity contribution in [1.82, 2.24) is 4.90 Å². The second-order valence-electron chi connectivity index (χ2n) is 6.58. The second-order valence-corrected chi connectivity index (χ2v) is 6.58. The lowest BCUT2D eigenvalue weighted by Crippen LogP contribution is -2.50. The molecular formula is C21H25NO3. The zero-order valence-corrected chi connectivity index (χ0v) is 14.9. The van der Waals surface area contributed by atoms with Gasteiger partial charge in [0.05, 0.1) is 25.7 Å². The number of benzene rings is 2. The molecule has 2 unspecified atom stereocenters. The van der Waals surface area contributed by atoms with Crippen LogP contribution in [-0.4, -0.2) is 43.2 Å². The predicted molar refractivity (Wildman–Crippen MR) is 97.8 cm³/mol. The minimum atomic E-state index is 0.0472. The van der Waals surface area contributed by atoms with Crippen LogP contribution in [0.2, 0.25) is 0 Å². The number of morpholine rings is 1. The summed E-state index contributed by atoms with van der Waals surface area (Å²) in [5.41, 5.74) is 2.24. The zero-order chi connectivity index (χ0) is 17.6. The van der Waals surface area contributed by atoms with Gasteiger partial charge < -0.3 is 14.4 Å². The summed E-state index contributed by atoms with van der Waals surface area (Å²) >= 11 is 0. The van der Waals surface area contributed by atoms with Crippen LogP contribution >= 0.6 is 0 Å². The Hall–Kier alpha value is -2.33. The molecule has 4 nitrogen and oxygen atoms in total. The van der Waals surface area contributed by atoms with E-state index in [1.807, 2.05) is 54.3 Å². The molecule has 1 fully saturated rings. The van der Waals surface area contributed by atoms with E-state index in [-0.39, 0.29) is 18.1 Å². The number of hydrogen-bond donors (Lipinski definition) is 0. The largest absolute Gasteiger partial charge is 0.497 e. The molecular weight excluding hydrogens is 314 g/mol. The molecule has 1 amide bonds. The molecule has 2 aromatic rings. The molecule has 25 heavy (non-hydrogen) atoms. The highest BCUT2D eigenvalue weighted by molar-refractivity contribution is 5.79. The van der Waals surface area contributed by atoms with E-state index in [0.717, 1.165) is 17.7 Å². The summed E-state index contributed by atoms with van der Waals surface area (Å²) in [5.74, 6) is 0.956. The van der Waals surface area contributed by atoms with E-state index in [4.69, 9.17) is 9.47 Å². The van der Waals surface area contributed by atoms with Gasteiger partial charge in [-0.2, -0.15) is 0 Å². The molecule has 1 aliphatic heterocycles. The van der Waals surface area contributed by atoms with Gasteiger partial charge in [-0.25, -0.2) is 0 Å². The van der Waals surface area contributed by atoms with Crippen LogP contribution in [0.5, 0.6) is 5.75 Å². The summed E-state index contributed by atoms with van der Waals surface area (Å²) in [7, 11) is 1.64. The quantitative estimate of drug-likeness (QED) is 0.840. The van der Waals surface area contributed by atoms with Gasteiger partial charge in [-0.15, -0.1) is 0 Å². The Bertz CT molecular complexity index is 684. The van der Waals surface area contributed by atoms with Crippen LogP contribution in [-0.2, 0) is 22.4 Å². The molecule has 2 aromatic carbocycles. The maximum absolute atomic E-state index is 12.7. The van der Waals surface area contributed by atoms with Crippen molar-refractivity contribution in [2.24, 2.45) is 0 Å². The Labute approximate surface area is 149 Å². The molecule has 3 rings (SSSR count). The lowest BCUT2D eigenvalue weighted by atomic mass is 10.0. The molecule has 0 aliphatic carbocycles. The fourth-order valence-electron chi connectivity index (χ4n) is 3.27. The summed E-state index contributed by atoms with van der Waals surface area (Å²) in [4.78, 5) is 14.6. The van der Waals surface area contributed by atoms with Gasteiger partial charge in [0.1, 0.15) is 5.75 Å². The van der Waals surface area contributed by atoms with E-state index in [9.17, 15) is 4.79 Å². The molecule has 1 heterocycles. The Kier molecular flexibility index (Phi) is 5.71. The summed E-state index contributed by atoms with van der Waals surface area (Å²) in [5, 5.41) is 0. The third-order valence-corrected chi connectivity index (χ3v) is 4.50. The standard InChI is InChI=1S/C21H25NO3/c1-16-14-22(15-20(25-16)12-17-6-4-3-5-7-17)21(23)13-18-8-10-19(24-2)11-9-18/h3-11,16,20H,12-15H2,1-2H3. The van der Waals surface area contributed by atoms with Gasteiger partial charge in [-0.3, -0.25) is 4.79 Å². The second kappa shape index (κ2) is 8.17. The molecule has 0 radical (unpaired) electrons. The Morgan fingerprint density at radius 2 is 1.80 bits per heavy atom. The zero-order valence-electron chi connectivity index (χ0n) is 14.9. The molecule has 0 saturated carbocycles. The number of carbonyl (C=O) groups excluding carboxylic acids is 1. The maximum atomic E-state index is 12.7. The Morgan fingerprint density at radius 3 is 2.48 bits per heavy atom. The summed E-state index contributed by atoms with van der Waals surface area (Å²) < 4.78 is 11.2. The van der Waals surface area contributed by atoms with Gasteiger partial charge in [0, 0.05) is 19.5 Å². The van der Waals surface area contributed by atoms with Crippen LogP contribution in [0.1, 0.15) is 18.1 Å². The van der Waals surface area contributed by atoms with Gasteiger partial charge in [0.25, 0.3) is 0 Å². The molecule has 0 N–H and O–H groups in total. The van der Waals surface area contributed by atoms with Crippen LogP contribution in [0.15, 0.2) is 54.6 Å². The van der Waals surface area contributed by atoms with E-state index >= 15 is 0 Å². The fourth-order valence-corrected chi connectivity index (χ4v) is 3.27. The number of carbonyl (C=O) groups is 1. The first kappa shape index (κ1) is 17.5. The van der Waals surface area contributed by atoms with Crippen molar-refractivity contribution < 1.29 is 14.3 Å². The van der Waals surface area contributed by atoms with Crippen molar-refractivity contribution >= 4 is 5.91 Å². The first-order valence-electron chi connectivity index (χ1n) is 8.74. The molecule has 132 valence electrons. The van der Waals surface area contributed by atoms with Crippen LogP contribution in [0, 0.1) is 0 Å². The highest BCUT2D eigenvalue weighted by Crippen LogP contribution is 2.18. The van der Waals surface area contributed by atoms with Crippen molar-refractivity contribution in [3.8, 4) is 5.75 Å².